The minimum absolute atomic E-state index is 0.00759. The van der Waals surface area contributed by atoms with Gasteiger partial charge >= 0.3 is 6.03 Å². The third-order valence-electron chi connectivity index (χ3n) is 3.25. The molecule has 0 saturated heterocycles. The summed E-state index contributed by atoms with van der Waals surface area (Å²) in [4.78, 5) is 25.4. The van der Waals surface area contributed by atoms with Gasteiger partial charge in [0.05, 0.1) is 11.4 Å². The normalized spacial score (nSPS) is 13.5. The van der Waals surface area contributed by atoms with Gasteiger partial charge in [0.2, 0.25) is 0 Å². The van der Waals surface area contributed by atoms with E-state index in [0.717, 1.165) is 5.56 Å². The van der Waals surface area contributed by atoms with Crippen molar-refractivity contribution < 1.29 is 9.59 Å². The van der Waals surface area contributed by atoms with Crippen molar-refractivity contribution in [1.82, 2.24) is 0 Å². The molecule has 2 aromatic carbocycles. The highest BCUT2D eigenvalue weighted by molar-refractivity contribution is 6.11. The highest BCUT2D eigenvalue weighted by Gasteiger charge is 2.27. The van der Waals surface area contributed by atoms with Gasteiger partial charge in [0, 0.05) is 12.0 Å². The van der Waals surface area contributed by atoms with Crippen LogP contribution >= 0.6 is 0 Å². The lowest BCUT2D eigenvalue weighted by molar-refractivity contribution is 0.0994. The second-order valence-electron chi connectivity index (χ2n) is 4.42. The summed E-state index contributed by atoms with van der Waals surface area (Å²) in [6.45, 7) is 0. The van der Waals surface area contributed by atoms with Gasteiger partial charge in [-0.1, -0.05) is 30.3 Å². The van der Waals surface area contributed by atoms with Gasteiger partial charge in [-0.3, -0.25) is 9.69 Å². The molecule has 0 fully saturated rings. The van der Waals surface area contributed by atoms with Gasteiger partial charge in [-0.25, -0.2) is 4.79 Å². The van der Waals surface area contributed by atoms with Crippen LogP contribution in [0.2, 0.25) is 0 Å². The van der Waals surface area contributed by atoms with Crippen LogP contribution in [0.1, 0.15) is 15.9 Å². The highest BCUT2D eigenvalue weighted by atomic mass is 16.2. The van der Waals surface area contributed by atoms with Crippen LogP contribution in [-0.2, 0) is 6.42 Å². The Hall–Kier alpha value is -2.62. The van der Waals surface area contributed by atoms with Crippen molar-refractivity contribution in [2.75, 3.05) is 4.90 Å². The monoisotopic (exact) mass is 258 g/mol. The van der Waals surface area contributed by atoms with E-state index in [1.54, 1.807) is 30.3 Å². The fourth-order valence-corrected chi connectivity index (χ4v) is 2.42. The Bertz CT molecular complexity index is 679. The zero-order valence-electron chi connectivity index (χ0n) is 10.2. The summed E-state index contributed by atoms with van der Waals surface area (Å²) < 4.78 is 0. The number of fused-ring (bicyclic) bond motifs is 2. The van der Waals surface area contributed by atoms with Crippen LogP contribution in [0, 0.1) is 0 Å². The molecular weight excluding hydrogens is 246 g/mol. The van der Waals surface area contributed by atoms with Crippen molar-refractivity contribution in [3.05, 3.63) is 59.7 Å². The zero-order chi connectivity index (χ0) is 13.4. The number of nitrogens with two attached hydrogens (primary N) is 1. The molecule has 1 aliphatic heterocycles. The van der Waals surface area contributed by atoms with Gasteiger partial charge in [-0.2, -0.15) is 0 Å². The molecule has 0 aromatic heterocycles. The zero-order valence-corrected chi connectivity index (χ0v) is 10.2. The molecule has 1 aliphatic rings. The number of hydrogen-bond donors (Lipinski definition) is 1. The molecule has 0 unspecified atom stereocenters. The largest absolute Gasteiger partial charge is 0.351 e. The van der Waals surface area contributed by atoms with Gasteiger partial charge in [-0.15, -0.1) is 0 Å². The Morgan fingerprint density at radius 1 is 1.00 bits per heavy atom. The summed E-state index contributed by atoms with van der Waals surface area (Å²) in [7, 11) is 0. The maximum atomic E-state index is 12.3. The number of benzene rings is 2. The number of ketones is 1. The lowest BCUT2D eigenvalue weighted by Crippen LogP contribution is -2.32. The fraction of sp³-hybridized carbons (Fsp3) is 0.0667. The summed E-state index contributed by atoms with van der Waals surface area (Å²) in [6, 6.07) is 13.8. The van der Waals surface area contributed by atoms with Gasteiger partial charge in [0.1, 0.15) is 0 Å². The summed E-state index contributed by atoms with van der Waals surface area (Å²) >= 11 is 0. The number of carbonyl (C=O) groups excluding carboxylic acids is 2. The number of Topliss-reactive ketones (excluding diaryl/α,β-unsaturated/α-hetero) is 1. The van der Waals surface area contributed by atoms with Crippen molar-refractivity contribution in [3.8, 4) is 0 Å². The summed E-state index contributed by atoms with van der Waals surface area (Å²) in [5, 5.41) is 0. The van der Waals surface area contributed by atoms with Crippen molar-refractivity contribution in [2.45, 2.75) is 6.42 Å². The number of rotatable bonds is 0. The molecule has 4 heteroatoms. The van der Waals surface area contributed by atoms with Crippen molar-refractivity contribution in [1.29, 1.82) is 0 Å². The van der Waals surface area contributed by atoms with Crippen LogP contribution in [0.25, 0.3) is 0 Å². The lowest BCUT2D eigenvalue weighted by Gasteiger charge is -2.22. The van der Waals surface area contributed by atoms with E-state index in [1.165, 1.54) is 4.90 Å². The van der Waals surface area contributed by atoms with Crippen molar-refractivity contribution >= 4 is 23.2 Å². The van der Waals surface area contributed by atoms with Crippen molar-refractivity contribution in [3.63, 3.8) is 0 Å². The number of anilines is 2. The third kappa shape index (κ3) is 1.78. The molecular formula is C15H12N2O2. The second-order valence-corrected chi connectivity index (χ2v) is 4.42. The standard InChI is InChI=1S/C15H12N2O2/c16-15(19)17-12-7-3-1-5-10(12)9-14(18)11-6-2-4-8-13(11)17/h1-8H,9H2,(H2,16,19)/i2+1,4+1,6+1,8+1,11+1,13+1. The first kappa shape index (κ1) is 11.5. The highest BCUT2D eigenvalue weighted by Crippen LogP contribution is 2.35. The molecule has 2 N–H and O–H groups in total. The summed E-state index contributed by atoms with van der Waals surface area (Å²) in [5.41, 5.74) is 8.04. The number of nitrogens with zero attached hydrogens (tertiary/aromatic N) is 1. The maximum Gasteiger partial charge on any atom is 0.323 e. The molecule has 2 amide bonds. The van der Waals surface area contributed by atoms with E-state index in [0.29, 0.717) is 16.9 Å². The molecule has 0 radical (unpaired) electrons. The van der Waals surface area contributed by atoms with E-state index in [9.17, 15) is 9.59 Å². The topological polar surface area (TPSA) is 63.4 Å². The summed E-state index contributed by atoms with van der Waals surface area (Å²) in [6.07, 6.45) is 0.275. The van der Waals surface area contributed by atoms with E-state index < -0.39 is 6.03 Å². The van der Waals surface area contributed by atoms with Crippen LogP contribution in [0.15, 0.2) is 48.5 Å². The molecule has 3 rings (SSSR count). The first-order valence-corrected chi connectivity index (χ1v) is 5.98. The molecule has 2 aromatic rings. The van der Waals surface area contributed by atoms with Crippen LogP contribution in [-0.4, -0.2) is 11.8 Å². The first-order chi connectivity index (χ1) is 9.18. The van der Waals surface area contributed by atoms with Gasteiger partial charge in [0.15, 0.2) is 5.78 Å². The molecule has 0 saturated carbocycles. The van der Waals surface area contributed by atoms with Gasteiger partial charge in [0.25, 0.3) is 0 Å². The van der Waals surface area contributed by atoms with E-state index in [2.05, 4.69) is 0 Å². The molecule has 0 bridgehead atoms. The lowest BCUT2D eigenvalue weighted by atomic mass is 10.1. The van der Waals surface area contributed by atoms with Gasteiger partial charge in [-0.05, 0) is 23.8 Å². The molecule has 0 atom stereocenters. The summed E-state index contributed by atoms with van der Waals surface area (Å²) in [5.74, 6) is -0.00759. The Labute approximate surface area is 110 Å². The number of hydrogen-bond acceptors (Lipinski definition) is 2. The van der Waals surface area contributed by atoms with E-state index in [-0.39, 0.29) is 12.2 Å². The third-order valence-corrected chi connectivity index (χ3v) is 3.25. The molecule has 1 heterocycles. The van der Waals surface area contributed by atoms with E-state index in [4.69, 9.17) is 5.73 Å². The second kappa shape index (κ2) is 4.24. The van der Waals surface area contributed by atoms with Crippen LogP contribution < -0.4 is 10.6 Å². The Balaban J connectivity index is 2.32. The SMILES string of the molecule is NC(=O)N1c2ccccc2CC(=O)[13c]2[13cH][13cH][13cH][13cH][13c]21. The predicted octanol–water partition coefficient (Wildman–Crippen LogP) is 2.64. The molecule has 0 spiro atoms. The number of primary amides is 1. The maximum absolute atomic E-state index is 12.3. The number of para-hydroxylation sites is 2. The molecule has 0 aliphatic carbocycles. The minimum atomic E-state index is -0.588. The van der Waals surface area contributed by atoms with Gasteiger partial charge < -0.3 is 5.73 Å². The molecule has 4 nitrogen and oxygen atoms in total. The number of urea groups is 1. The predicted molar refractivity (Wildman–Crippen MR) is 72.6 cm³/mol. The van der Waals surface area contributed by atoms with Crippen LogP contribution in [0.3, 0.4) is 0 Å². The number of amides is 2. The Kier molecular flexibility index (Phi) is 2.56. The molecule has 19 heavy (non-hydrogen) atoms. The van der Waals surface area contributed by atoms with Crippen LogP contribution in [0.4, 0.5) is 16.2 Å². The Morgan fingerprint density at radius 2 is 1.63 bits per heavy atom. The Morgan fingerprint density at radius 3 is 2.37 bits per heavy atom. The van der Waals surface area contributed by atoms with Crippen molar-refractivity contribution in [2.24, 2.45) is 5.73 Å². The quantitative estimate of drug-likeness (QED) is 0.789. The van der Waals surface area contributed by atoms with E-state index in [1.807, 2.05) is 18.2 Å². The average Bonchev–Trinajstić information content (AvgIpc) is 2.53. The smallest absolute Gasteiger partial charge is 0.323 e. The fourth-order valence-electron chi connectivity index (χ4n) is 2.42. The minimum Gasteiger partial charge on any atom is -0.351 e. The number of carbonyl (C=O) groups is 2. The first-order valence-electron chi connectivity index (χ1n) is 5.98. The van der Waals surface area contributed by atoms with E-state index >= 15 is 0 Å². The average molecular weight is 258 g/mol. The van der Waals surface area contributed by atoms with Crippen LogP contribution in [0.5, 0.6) is 0 Å². The molecule has 94 valence electrons.